The van der Waals surface area contributed by atoms with Crippen molar-refractivity contribution in [3.05, 3.63) is 48.6 Å². The van der Waals surface area contributed by atoms with Gasteiger partial charge in [0, 0.05) is 19.6 Å². The van der Waals surface area contributed by atoms with E-state index in [0.717, 1.165) is 51.7 Å². The van der Waals surface area contributed by atoms with Crippen molar-refractivity contribution in [1.82, 2.24) is 9.80 Å². The number of carbonyl (C=O) groups excluding carboxylic acids is 1. The highest BCUT2D eigenvalue weighted by Gasteiger charge is 2.15. The first-order valence-corrected chi connectivity index (χ1v) is 22.0. The summed E-state index contributed by atoms with van der Waals surface area (Å²) in [5.74, 6) is 0. The van der Waals surface area contributed by atoms with Gasteiger partial charge >= 0.3 is 6.09 Å². The highest BCUT2D eigenvalue weighted by Crippen LogP contribution is 2.13. The molecular formula is C46H84N2O2. The van der Waals surface area contributed by atoms with Crippen molar-refractivity contribution in [2.75, 3.05) is 39.3 Å². The molecule has 0 N–H and O–H groups in total. The Labute approximate surface area is 312 Å². The Balaban J connectivity index is 2.21. The molecule has 0 saturated carbocycles. The van der Waals surface area contributed by atoms with Gasteiger partial charge in [-0.25, -0.2) is 4.79 Å². The third kappa shape index (κ3) is 32.1. The SMILES string of the molecule is CCCCCC=CCC=CCCCCCCCCN(CCCCCCCCC=CCC=CCCCCC)C(=O)OCCCN1CCCCCC1. The molecule has 1 aliphatic rings. The fourth-order valence-electron chi connectivity index (χ4n) is 6.77. The van der Waals surface area contributed by atoms with E-state index in [1.165, 1.54) is 167 Å². The number of hydrogen-bond donors (Lipinski definition) is 0. The van der Waals surface area contributed by atoms with Gasteiger partial charge < -0.3 is 14.5 Å². The molecule has 290 valence electrons. The second-order valence-electron chi connectivity index (χ2n) is 14.9. The van der Waals surface area contributed by atoms with E-state index >= 15 is 0 Å². The van der Waals surface area contributed by atoms with E-state index in [2.05, 4.69) is 67.4 Å². The summed E-state index contributed by atoms with van der Waals surface area (Å²) in [6.07, 6.45) is 54.9. The molecule has 1 fully saturated rings. The van der Waals surface area contributed by atoms with Crippen LogP contribution < -0.4 is 0 Å². The Hall–Kier alpha value is -1.81. The topological polar surface area (TPSA) is 32.8 Å². The normalized spacial score (nSPS) is 14.5. The largest absolute Gasteiger partial charge is 0.449 e. The van der Waals surface area contributed by atoms with Crippen molar-refractivity contribution < 1.29 is 9.53 Å². The quantitative estimate of drug-likeness (QED) is 0.0496. The highest BCUT2D eigenvalue weighted by atomic mass is 16.6. The predicted octanol–water partition coefficient (Wildman–Crippen LogP) is 14.3. The lowest BCUT2D eigenvalue weighted by atomic mass is 10.1. The second kappa shape index (κ2) is 38.4. The fourth-order valence-corrected chi connectivity index (χ4v) is 6.77. The number of ether oxygens (including phenoxy) is 1. The van der Waals surface area contributed by atoms with Crippen LogP contribution in [0.3, 0.4) is 0 Å². The lowest BCUT2D eigenvalue weighted by molar-refractivity contribution is 0.0960. The van der Waals surface area contributed by atoms with Crippen molar-refractivity contribution in [2.45, 2.75) is 200 Å². The van der Waals surface area contributed by atoms with Crippen molar-refractivity contribution in [3.63, 3.8) is 0 Å². The van der Waals surface area contributed by atoms with E-state index in [1.54, 1.807) is 0 Å². The van der Waals surface area contributed by atoms with Gasteiger partial charge in [0.2, 0.25) is 0 Å². The number of amides is 1. The van der Waals surface area contributed by atoms with Gasteiger partial charge in [0.1, 0.15) is 0 Å². The van der Waals surface area contributed by atoms with E-state index in [-0.39, 0.29) is 6.09 Å². The molecule has 0 atom stereocenters. The van der Waals surface area contributed by atoms with Gasteiger partial charge in [-0.15, -0.1) is 0 Å². The number of nitrogens with zero attached hydrogens (tertiary/aromatic N) is 2. The zero-order valence-electron chi connectivity index (χ0n) is 33.6. The van der Waals surface area contributed by atoms with E-state index in [4.69, 9.17) is 4.74 Å². The Morgan fingerprint density at radius 3 is 1.34 bits per heavy atom. The Kier molecular flexibility index (Phi) is 35.5. The van der Waals surface area contributed by atoms with Gasteiger partial charge in [-0.2, -0.15) is 0 Å². The third-order valence-corrected chi connectivity index (χ3v) is 10.1. The average molecular weight is 697 g/mol. The maximum Gasteiger partial charge on any atom is 0.409 e. The van der Waals surface area contributed by atoms with Crippen LogP contribution in [-0.2, 0) is 4.74 Å². The lowest BCUT2D eigenvalue weighted by Gasteiger charge is -2.23. The van der Waals surface area contributed by atoms with Gasteiger partial charge in [-0.1, -0.05) is 152 Å². The average Bonchev–Trinajstić information content (AvgIpc) is 3.41. The van der Waals surface area contributed by atoms with Crippen LogP contribution in [0.5, 0.6) is 0 Å². The summed E-state index contributed by atoms with van der Waals surface area (Å²) in [7, 11) is 0. The maximum absolute atomic E-state index is 13.1. The zero-order chi connectivity index (χ0) is 35.8. The highest BCUT2D eigenvalue weighted by molar-refractivity contribution is 5.67. The standard InChI is InChI=1S/C46H84N2O2/c1-3-5-7-9-11-13-15-17-19-21-23-25-27-29-31-37-43-48(46(49)50-45-39-42-47-40-35-33-34-36-41-47)44-38-32-30-28-26-24-22-20-18-16-14-12-10-8-6-4-2/h11-14,17-20H,3-10,15-16,21-45H2,1-2H3. The summed E-state index contributed by atoms with van der Waals surface area (Å²) < 4.78 is 5.82. The molecule has 0 unspecified atom stereocenters. The third-order valence-electron chi connectivity index (χ3n) is 10.1. The smallest absolute Gasteiger partial charge is 0.409 e. The molecule has 0 aromatic rings. The molecular weight excluding hydrogens is 613 g/mol. The van der Waals surface area contributed by atoms with Gasteiger partial charge in [-0.05, 0) is 109 Å². The van der Waals surface area contributed by atoms with E-state index in [0.29, 0.717) is 6.61 Å². The Morgan fingerprint density at radius 2 is 0.900 bits per heavy atom. The van der Waals surface area contributed by atoms with Crippen LogP contribution in [0.15, 0.2) is 48.6 Å². The van der Waals surface area contributed by atoms with Gasteiger partial charge in [0.15, 0.2) is 0 Å². The first kappa shape index (κ1) is 46.2. The monoisotopic (exact) mass is 697 g/mol. The Bertz CT molecular complexity index is 776. The number of allylic oxidation sites excluding steroid dienone is 8. The zero-order valence-corrected chi connectivity index (χ0v) is 33.6. The van der Waals surface area contributed by atoms with Crippen LogP contribution in [0, 0.1) is 0 Å². The van der Waals surface area contributed by atoms with Crippen molar-refractivity contribution >= 4 is 6.09 Å². The molecule has 0 aliphatic carbocycles. The summed E-state index contributed by atoms with van der Waals surface area (Å²) in [5.41, 5.74) is 0. The Morgan fingerprint density at radius 1 is 0.500 bits per heavy atom. The van der Waals surface area contributed by atoms with Crippen LogP contribution in [-0.4, -0.2) is 55.2 Å². The molecule has 1 heterocycles. The number of likely N-dealkylation sites (tertiary alicyclic amines) is 1. The van der Waals surface area contributed by atoms with Gasteiger partial charge in [0.25, 0.3) is 0 Å². The predicted molar refractivity (Wildman–Crippen MR) is 221 cm³/mol. The van der Waals surface area contributed by atoms with Gasteiger partial charge in [0.05, 0.1) is 6.61 Å². The summed E-state index contributed by atoms with van der Waals surface area (Å²) in [5, 5.41) is 0. The molecule has 50 heavy (non-hydrogen) atoms. The van der Waals surface area contributed by atoms with Crippen LogP contribution >= 0.6 is 0 Å². The van der Waals surface area contributed by atoms with E-state index in [1.807, 2.05) is 4.90 Å². The molecule has 0 spiro atoms. The first-order valence-electron chi connectivity index (χ1n) is 22.0. The second-order valence-corrected chi connectivity index (χ2v) is 14.9. The molecule has 1 rings (SSSR count). The molecule has 4 heteroatoms. The van der Waals surface area contributed by atoms with E-state index < -0.39 is 0 Å². The molecule has 1 aliphatic heterocycles. The molecule has 0 radical (unpaired) electrons. The molecule has 0 aromatic heterocycles. The molecule has 0 aromatic carbocycles. The van der Waals surface area contributed by atoms with Crippen LogP contribution in [0.2, 0.25) is 0 Å². The first-order chi connectivity index (χ1) is 24.8. The minimum absolute atomic E-state index is 0.0777. The van der Waals surface area contributed by atoms with Crippen molar-refractivity contribution in [1.29, 1.82) is 0 Å². The fraction of sp³-hybridized carbons (Fsp3) is 0.804. The minimum atomic E-state index is -0.0777. The number of unbranched alkanes of at least 4 members (excludes halogenated alkanes) is 18. The van der Waals surface area contributed by atoms with Crippen LogP contribution in [0.1, 0.15) is 200 Å². The maximum atomic E-state index is 13.1. The number of hydrogen-bond acceptors (Lipinski definition) is 3. The summed E-state index contributed by atoms with van der Waals surface area (Å²) in [6.45, 7) is 10.3. The van der Waals surface area contributed by atoms with E-state index in [9.17, 15) is 4.79 Å². The van der Waals surface area contributed by atoms with Crippen LogP contribution in [0.25, 0.3) is 0 Å². The number of carbonyl (C=O) groups is 1. The molecule has 0 bridgehead atoms. The summed E-state index contributed by atoms with van der Waals surface area (Å²) in [6, 6.07) is 0. The minimum Gasteiger partial charge on any atom is -0.449 e. The molecule has 1 saturated heterocycles. The molecule has 1 amide bonds. The van der Waals surface area contributed by atoms with Crippen LogP contribution in [0.4, 0.5) is 4.79 Å². The summed E-state index contributed by atoms with van der Waals surface area (Å²) >= 11 is 0. The lowest BCUT2D eigenvalue weighted by Crippen LogP contribution is -2.34. The van der Waals surface area contributed by atoms with Gasteiger partial charge in [-0.3, -0.25) is 0 Å². The molecule has 4 nitrogen and oxygen atoms in total. The van der Waals surface area contributed by atoms with Crippen molar-refractivity contribution in [3.8, 4) is 0 Å². The number of rotatable bonds is 34. The summed E-state index contributed by atoms with van der Waals surface area (Å²) in [4.78, 5) is 17.7. The van der Waals surface area contributed by atoms with Crippen molar-refractivity contribution in [2.24, 2.45) is 0 Å².